The summed E-state index contributed by atoms with van der Waals surface area (Å²) in [6.07, 6.45) is 3.54. The van der Waals surface area contributed by atoms with Crippen LogP contribution < -0.4 is 0 Å². The number of carbonyl (C=O) groups excluding carboxylic acids is 2. The molecule has 0 aromatic carbocycles. The van der Waals surface area contributed by atoms with Crippen molar-refractivity contribution in [1.82, 2.24) is 0 Å². The molecule has 0 spiro atoms. The summed E-state index contributed by atoms with van der Waals surface area (Å²) in [6.45, 7) is 6.34. The number of nitriles is 1. The van der Waals surface area contributed by atoms with Gasteiger partial charge >= 0.3 is 11.9 Å². The zero-order valence-electron chi connectivity index (χ0n) is 8.64. The average molecular weight is 221 g/mol. The lowest BCUT2D eigenvalue weighted by molar-refractivity contribution is -0.146. The van der Waals surface area contributed by atoms with Crippen molar-refractivity contribution >= 4 is 11.9 Å². The molecule has 0 bridgehead atoms. The van der Waals surface area contributed by atoms with E-state index in [1.807, 2.05) is 0 Å². The van der Waals surface area contributed by atoms with Crippen LogP contribution in [0.1, 0.15) is 0 Å². The van der Waals surface area contributed by atoms with Gasteiger partial charge in [-0.25, -0.2) is 9.59 Å². The number of esters is 2. The molecule has 0 atom stereocenters. The maximum Gasteiger partial charge on any atom is 0.349 e. The molecule has 5 nitrogen and oxygen atoms in total. The third-order valence-electron chi connectivity index (χ3n) is 1.35. The Kier molecular flexibility index (Phi) is 6.82. The Labute approximate surface area is 93.3 Å². The lowest BCUT2D eigenvalue weighted by atomic mass is 10.3. The fraction of sp³-hybridized carbons (Fsp3) is 0.182. The lowest BCUT2D eigenvalue weighted by Gasteiger charge is -2.03. The molecule has 0 aliphatic heterocycles. The standard InChI is InChI=1S/C11H11NO4/c1-3-5-9(8-12)11(14)16-7-6-15-10(13)4-2/h3-5H,1-2,6-7H2. The molecule has 0 radical (unpaired) electrons. The second-order valence-corrected chi connectivity index (χ2v) is 2.44. The van der Waals surface area contributed by atoms with E-state index in [0.29, 0.717) is 0 Å². The molecule has 0 amide bonds. The van der Waals surface area contributed by atoms with Crippen LogP contribution in [-0.4, -0.2) is 25.2 Å². The lowest BCUT2D eigenvalue weighted by Crippen LogP contribution is -2.13. The van der Waals surface area contributed by atoms with Gasteiger partial charge in [0.15, 0.2) is 0 Å². The number of nitrogens with zero attached hydrogens (tertiary/aromatic N) is 1. The summed E-state index contributed by atoms with van der Waals surface area (Å²) in [4.78, 5) is 21.7. The first-order valence-electron chi connectivity index (χ1n) is 4.34. The third kappa shape index (κ3) is 5.40. The van der Waals surface area contributed by atoms with E-state index in [1.54, 1.807) is 6.07 Å². The van der Waals surface area contributed by atoms with Gasteiger partial charge in [0, 0.05) is 6.08 Å². The fourth-order valence-corrected chi connectivity index (χ4v) is 0.682. The molecular formula is C11H11NO4. The van der Waals surface area contributed by atoms with E-state index >= 15 is 0 Å². The average Bonchev–Trinajstić information content (AvgIpc) is 2.30. The third-order valence-corrected chi connectivity index (χ3v) is 1.35. The quantitative estimate of drug-likeness (QED) is 0.219. The predicted molar refractivity (Wildman–Crippen MR) is 56.0 cm³/mol. The van der Waals surface area contributed by atoms with Gasteiger partial charge in [0.25, 0.3) is 0 Å². The predicted octanol–water partition coefficient (Wildman–Crippen LogP) is 0.895. The molecule has 16 heavy (non-hydrogen) atoms. The monoisotopic (exact) mass is 221 g/mol. The van der Waals surface area contributed by atoms with Crippen molar-refractivity contribution in [3.63, 3.8) is 0 Å². The minimum atomic E-state index is -0.781. The van der Waals surface area contributed by atoms with E-state index < -0.39 is 11.9 Å². The number of ether oxygens (including phenoxy) is 2. The molecule has 0 heterocycles. The molecule has 0 aliphatic rings. The van der Waals surface area contributed by atoms with E-state index in [0.717, 1.165) is 6.08 Å². The fourth-order valence-electron chi connectivity index (χ4n) is 0.682. The van der Waals surface area contributed by atoms with Gasteiger partial charge in [-0.3, -0.25) is 0 Å². The van der Waals surface area contributed by atoms with Crippen molar-refractivity contribution < 1.29 is 19.1 Å². The molecule has 0 aliphatic carbocycles. The smallest absolute Gasteiger partial charge is 0.349 e. The van der Waals surface area contributed by atoms with Crippen molar-refractivity contribution in [3.8, 4) is 6.07 Å². The topological polar surface area (TPSA) is 76.4 Å². The largest absolute Gasteiger partial charge is 0.459 e. The summed E-state index contributed by atoms with van der Waals surface area (Å²) in [5.41, 5.74) is -0.162. The number of allylic oxidation sites excluding steroid dienone is 2. The van der Waals surface area contributed by atoms with Crippen LogP contribution in [0, 0.1) is 11.3 Å². The second-order valence-electron chi connectivity index (χ2n) is 2.44. The first-order chi connectivity index (χ1) is 7.65. The summed E-state index contributed by atoms with van der Waals surface area (Å²) in [5.74, 6) is -1.38. The first kappa shape index (κ1) is 13.7. The normalized spacial score (nSPS) is 9.81. The van der Waals surface area contributed by atoms with Crippen molar-refractivity contribution in [2.24, 2.45) is 0 Å². The van der Waals surface area contributed by atoms with Crippen molar-refractivity contribution in [3.05, 3.63) is 37.0 Å². The number of hydrogen-bond donors (Lipinski definition) is 0. The molecule has 84 valence electrons. The molecule has 0 fully saturated rings. The Hall–Kier alpha value is -2.35. The number of rotatable bonds is 6. The summed E-state index contributed by atoms with van der Waals surface area (Å²) in [7, 11) is 0. The first-order valence-corrected chi connectivity index (χ1v) is 4.34. The van der Waals surface area contributed by atoms with Gasteiger partial charge in [0.1, 0.15) is 24.9 Å². The number of hydrogen-bond acceptors (Lipinski definition) is 5. The van der Waals surface area contributed by atoms with E-state index in [-0.39, 0.29) is 18.8 Å². The van der Waals surface area contributed by atoms with Gasteiger partial charge in [-0.15, -0.1) is 0 Å². The Bertz CT molecular complexity index is 363. The highest BCUT2D eigenvalue weighted by atomic mass is 16.6. The maximum absolute atomic E-state index is 11.2. The van der Waals surface area contributed by atoms with Crippen LogP contribution >= 0.6 is 0 Å². The SMILES string of the molecule is C=CC=C(C#N)C(=O)OCCOC(=O)C=C. The number of carbonyl (C=O) groups is 2. The van der Waals surface area contributed by atoms with Gasteiger partial charge in [0.05, 0.1) is 0 Å². The van der Waals surface area contributed by atoms with Crippen molar-refractivity contribution in [1.29, 1.82) is 5.26 Å². The van der Waals surface area contributed by atoms with Gasteiger partial charge in [0.2, 0.25) is 0 Å². The van der Waals surface area contributed by atoms with Gasteiger partial charge in [-0.1, -0.05) is 19.2 Å². The highest BCUT2D eigenvalue weighted by molar-refractivity contribution is 5.93. The zero-order chi connectivity index (χ0) is 12.4. The molecule has 0 unspecified atom stereocenters. The summed E-state index contributed by atoms with van der Waals surface area (Å²) in [6, 6.07) is 1.65. The second kappa shape index (κ2) is 8.00. The molecule has 0 rings (SSSR count). The van der Waals surface area contributed by atoms with Crippen LogP contribution in [0.4, 0.5) is 0 Å². The Morgan fingerprint density at radius 3 is 2.38 bits per heavy atom. The molecule has 0 aromatic heterocycles. The van der Waals surface area contributed by atoms with Crippen LogP contribution in [0.5, 0.6) is 0 Å². The van der Waals surface area contributed by atoms with E-state index in [1.165, 1.54) is 12.2 Å². The summed E-state index contributed by atoms with van der Waals surface area (Å²) in [5, 5.41) is 8.54. The molecule has 5 heteroatoms. The molecule has 0 N–H and O–H groups in total. The minimum Gasteiger partial charge on any atom is -0.459 e. The van der Waals surface area contributed by atoms with Crippen molar-refractivity contribution in [2.45, 2.75) is 0 Å². The van der Waals surface area contributed by atoms with E-state index in [4.69, 9.17) is 5.26 Å². The highest BCUT2D eigenvalue weighted by Gasteiger charge is 2.09. The summed E-state index contributed by atoms with van der Waals surface area (Å²) < 4.78 is 9.21. The molecule has 0 saturated heterocycles. The van der Waals surface area contributed by atoms with Crippen LogP contribution in [0.15, 0.2) is 37.0 Å². The highest BCUT2D eigenvalue weighted by Crippen LogP contribution is 1.96. The van der Waals surface area contributed by atoms with E-state index in [9.17, 15) is 9.59 Å². The van der Waals surface area contributed by atoms with Crippen LogP contribution in [0.25, 0.3) is 0 Å². The van der Waals surface area contributed by atoms with Crippen LogP contribution in [0.2, 0.25) is 0 Å². The van der Waals surface area contributed by atoms with Crippen molar-refractivity contribution in [2.75, 3.05) is 13.2 Å². The zero-order valence-corrected chi connectivity index (χ0v) is 8.64. The van der Waals surface area contributed by atoms with E-state index in [2.05, 4.69) is 22.6 Å². The molecular weight excluding hydrogens is 210 g/mol. The summed E-state index contributed by atoms with van der Waals surface area (Å²) >= 11 is 0. The maximum atomic E-state index is 11.2. The van der Waals surface area contributed by atoms with Crippen LogP contribution in [0.3, 0.4) is 0 Å². The molecule has 0 saturated carbocycles. The Morgan fingerprint density at radius 1 is 1.25 bits per heavy atom. The van der Waals surface area contributed by atoms with Gasteiger partial charge in [-0.05, 0) is 6.08 Å². The Balaban J connectivity index is 3.95. The minimum absolute atomic E-state index is 0.0800. The molecule has 0 aromatic rings. The Morgan fingerprint density at radius 2 is 1.88 bits per heavy atom. The van der Waals surface area contributed by atoms with Gasteiger partial charge in [-0.2, -0.15) is 5.26 Å². The van der Waals surface area contributed by atoms with Crippen LogP contribution in [-0.2, 0) is 19.1 Å². The van der Waals surface area contributed by atoms with Gasteiger partial charge < -0.3 is 9.47 Å².